The number of benzene rings is 3. The fourth-order valence-electron chi connectivity index (χ4n) is 5.09. The zero-order chi connectivity index (χ0) is 32.4. The lowest BCUT2D eigenvalue weighted by Gasteiger charge is -2.24. The van der Waals surface area contributed by atoms with Gasteiger partial charge in [-0.15, -0.1) is 0 Å². The number of carbonyl (C=O) groups excluding carboxylic acids is 2. The molecule has 13 heteroatoms. The van der Waals surface area contributed by atoms with Crippen LogP contribution < -0.4 is 21.5 Å². The standard InChI is InChI=1S/C32H42ClN7O4S/c1-38(2)21-22-39(3)20-18-34-31(41)29-15-10-19-40(29)45(43,44)26-16-17-28(27(33)23-26)36-37-32(42)35-30(24-11-6-4-7-12-24)25-13-8-5-9-14-25/h4-9,11-14,16-17,23,29-30,36H,10,15,18-22H2,1-3H3,(H,34,41)(H2,35,37,42)/t29-/m0/s1. The van der Waals surface area contributed by atoms with Crippen molar-refractivity contribution in [3.63, 3.8) is 0 Å². The maximum atomic E-state index is 13.6. The van der Waals surface area contributed by atoms with Crippen molar-refractivity contribution in [3.05, 3.63) is 95.0 Å². The van der Waals surface area contributed by atoms with E-state index >= 15 is 0 Å². The van der Waals surface area contributed by atoms with E-state index in [0.29, 0.717) is 31.6 Å². The second-order valence-electron chi connectivity index (χ2n) is 11.3. The molecule has 0 aromatic heterocycles. The molecule has 1 heterocycles. The van der Waals surface area contributed by atoms with Crippen molar-refractivity contribution in [1.29, 1.82) is 0 Å². The van der Waals surface area contributed by atoms with Crippen LogP contribution in [0.4, 0.5) is 10.5 Å². The van der Waals surface area contributed by atoms with Crippen LogP contribution in [0.25, 0.3) is 0 Å². The molecular formula is C32H42ClN7O4S. The number of carbonyl (C=O) groups is 2. The number of sulfonamides is 1. The van der Waals surface area contributed by atoms with E-state index in [1.54, 1.807) is 0 Å². The van der Waals surface area contributed by atoms with Gasteiger partial charge in [0.1, 0.15) is 6.04 Å². The van der Waals surface area contributed by atoms with Crippen LogP contribution in [0.15, 0.2) is 83.8 Å². The Morgan fingerprint density at radius 1 is 0.933 bits per heavy atom. The molecule has 1 aliphatic rings. The number of hydrogen-bond acceptors (Lipinski definition) is 7. The molecule has 0 bridgehead atoms. The number of hydrogen-bond donors (Lipinski definition) is 4. The molecule has 0 radical (unpaired) electrons. The second kappa shape index (κ2) is 16.1. The average molecular weight is 656 g/mol. The van der Waals surface area contributed by atoms with E-state index in [2.05, 4.69) is 31.3 Å². The van der Waals surface area contributed by atoms with Crippen molar-refractivity contribution in [1.82, 2.24) is 30.2 Å². The van der Waals surface area contributed by atoms with Crippen molar-refractivity contribution >= 4 is 39.2 Å². The van der Waals surface area contributed by atoms with Crippen molar-refractivity contribution in [2.75, 3.05) is 59.3 Å². The van der Waals surface area contributed by atoms with E-state index in [1.807, 2.05) is 81.8 Å². The summed E-state index contributed by atoms with van der Waals surface area (Å²) in [5.41, 5.74) is 7.49. The number of hydrazine groups is 1. The minimum Gasteiger partial charge on any atom is -0.353 e. The number of anilines is 1. The molecule has 242 valence electrons. The third kappa shape index (κ3) is 9.41. The van der Waals surface area contributed by atoms with Crippen molar-refractivity contribution in [3.8, 4) is 0 Å². The molecular weight excluding hydrogens is 614 g/mol. The summed E-state index contributed by atoms with van der Waals surface area (Å²) >= 11 is 6.46. The Morgan fingerprint density at radius 2 is 1.58 bits per heavy atom. The number of likely N-dealkylation sites (N-methyl/N-ethyl adjacent to an activating group) is 2. The predicted octanol–water partition coefficient (Wildman–Crippen LogP) is 3.52. The summed E-state index contributed by atoms with van der Waals surface area (Å²) in [5.74, 6) is -0.305. The van der Waals surface area contributed by atoms with Gasteiger partial charge in [-0.05, 0) is 63.3 Å². The molecule has 0 spiro atoms. The molecule has 4 N–H and O–H groups in total. The fourth-order valence-corrected chi connectivity index (χ4v) is 7.07. The van der Waals surface area contributed by atoms with E-state index in [4.69, 9.17) is 11.6 Å². The van der Waals surface area contributed by atoms with Gasteiger partial charge in [-0.25, -0.2) is 13.2 Å². The maximum Gasteiger partial charge on any atom is 0.334 e. The Balaban J connectivity index is 1.35. The van der Waals surface area contributed by atoms with Gasteiger partial charge in [0.15, 0.2) is 0 Å². The summed E-state index contributed by atoms with van der Waals surface area (Å²) in [7, 11) is 2.00. The number of nitrogens with zero attached hydrogens (tertiary/aromatic N) is 3. The quantitative estimate of drug-likeness (QED) is 0.196. The average Bonchev–Trinajstić information content (AvgIpc) is 3.54. The van der Waals surface area contributed by atoms with E-state index in [0.717, 1.165) is 24.2 Å². The highest BCUT2D eigenvalue weighted by Crippen LogP contribution is 2.30. The highest BCUT2D eigenvalue weighted by molar-refractivity contribution is 7.89. The Hall–Kier alpha value is -3.68. The maximum absolute atomic E-state index is 13.6. The number of halogens is 1. The van der Waals surface area contributed by atoms with Crippen LogP contribution in [0.2, 0.25) is 5.02 Å². The molecule has 1 fully saturated rings. The van der Waals surface area contributed by atoms with Crippen LogP contribution in [0.1, 0.15) is 30.0 Å². The molecule has 3 amide bonds. The SMILES string of the molecule is CN(C)CCN(C)CCNC(=O)[C@@H]1CCCN1S(=O)(=O)c1ccc(NNC(=O)NC(c2ccccc2)c2ccccc2)c(Cl)c1. The highest BCUT2D eigenvalue weighted by Gasteiger charge is 2.39. The molecule has 0 aliphatic carbocycles. The monoisotopic (exact) mass is 655 g/mol. The lowest BCUT2D eigenvalue weighted by atomic mass is 9.99. The molecule has 1 atom stereocenters. The van der Waals surface area contributed by atoms with Gasteiger partial charge < -0.3 is 20.4 Å². The van der Waals surface area contributed by atoms with Gasteiger partial charge in [0.05, 0.1) is 21.6 Å². The van der Waals surface area contributed by atoms with Gasteiger partial charge in [-0.2, -0.15) is 4.31 Å². The number of rotatable bonds is 14. The van der Waals surface area contributed by atoms with E-state index in [1.165, 1.54) is 22.5 Å². The lowest BCUT2D eigenvalue weighted by molar-refractivity contribution is -0.124. The highest BCUT2D eigenvalue weighted by atomic mass is 35.5. The summed E-state index contributed by atoms with van der Waals surface area (Å²) in [6, 6.07) is 21.7. The molecule has 4 rings (SSSR count). The predicted molar refractivity (Wildman–Crippen MR) is 177 cm³/mol. The van der Waals surface area contributed by atoms with Crippen LogP contribution in [0, 0.1) is 0 Å². The van der Waals surface area contributed by atoms with Crippen LogP contribution in [-0.4, -0.2) is 94.4 Å². The molecule has 11 nitrogen and oxygen atoms in total. The number of nitrogens with one attached hydrogen (secondary N) is 4. The molecule has 0 saturated carbocycles. The first-order chi connectivity index (χ1) is 21.6. The summed E-state index contributed by atoms with van der Waals surface area (Å²) in [4.78, 5) is 30.0. The van der Waals surface area contributed by atoms with Crippen LogP contribution in [0.5, 0.6) is 0 Å². The summed E-state index contributed by atoms with van der Waals surface area (Å²) in [6.45, 7) is 3.10. The van der Waals surface area contributed by atoms with Gasteiger partial charge in [0.25, 0.3) is 0 Å². The molecule has 0 unspecified atom stereocenters. The van der Waals surface area contributed by atoms with Crippen LogP contribution >= 0.6 is 11.6 Å². The third-order valence-electron chi connectivity index (χ3n) is 7.63. The first-order valence-electron chi connectivity index (χ1n) is 14.9. The van der Waals surface area contributed by atoms with Crippen molar-refractivity contribution in [2.45, 2.75) is 29.8 Å². The molecule has 1 saturated heterocycles. The molecule has 3 aromatic rings. The minimum atomic E-state index is -4.00. The topological polar surface area (TPSA) is 126 Å². The molecule has 3 aromatic carbocycles. The summed E-state index contributed by atoms with van der Waals surface area (Å²) in [6.07, 6.45) is 1.03. The van der Waals surface area contributed by atoms with Crippen molar-refractivity contribution < 1.29 is 18.0 Å². The van der Waals surface area contributed by atoms with Crippen LogP contribution in [-0.2, 0) is 14.8 Å². The zero-order valence-electron chi connectivity index (χ0n) is 25.9. The smallest absolute Gasteiger partial charge is 0.334 e. The first kappa shape index (κ1) is 34.2. The van der Waals surface area contributed by atoms with Gasteiger partial charge in [0, 0.05) is 32.7 Å². The number of amides is 3. The van der Waals surface area contributed by atoms with Crippen molar-refractivity contribution in [2.24, 2.45) is 0 Å². The summed E-state index contributed by atoms with van der Waals surface area (Å²) in [5, 5.41) is 5.95. The minimum absolute atomic E-state index is 0.0289. The normalized spacial score (nSPS) is 15.4. The van der Waals surface area contributed by atoms with Gasteiger partial charge in [0.2, 0.25) is 15.9 Å². The first-order valence-corrected chi connectivity index (χ1v) is 16.7. The Kier molecular flexibility index (Phi) is 12.2. The van der Waals surface area contributed by atoms with Gasteiger partial charge >= 0.3 is 6.03 Å². The van der Waals surface area contributed by atoms with Gasteiger partial charge in [-0.1, -0.05) is 72.3 Å². The Labute approximate surface area is 270 Å². The Morgan fingerprint density at radius 3 is 2.18 bits per heavy atom. The van der Waals surface area contributed by atoms with E-state index in [-0.39, 0.29) is 22.4 Å². The zero-order valence-corrected chi connectivity index (χ0v) is 27.4. The molecule has 45 heavy (non-hydrogen) atoms. The van der Waals surface area contributed by atoms with E-state index in [9.17, 15) is 18.0 Å². The number of urea groups is 1. The third-order valence-corrected chi connectivity index (χ3v) is 9.84. The van der Waals surface area contributed by atoms with E-state index < -0.39 is 28.1 Å². The fraction of sp³-hybridized carbons (Fsp3) is 0.375. The second-order valence-corrected chi connectivity index (χ2v) is 13.6. The molecule has 1 aliphatic heterocycles. The largest absolute Gasteiger partial charge is 0.353 e. The Bertz CT molecular complexity index is 1490. The lowest BCUT2D eigenvalue weighted by Crippen LogP contribution is -2.47. The van der Waals surface area contributed by atoms with Crippen LogP contribution in [0.3, 0.4) is 0 Å². The summed E-state index contributed by atoms with van der Waals surface area (Å²) < 4.78 is 28.4. The van der Waals surface area contributed by atoms with Gasteiger partial charge in [-0.3, -0.25) is 15.6 Å².